The smallest absolute Gasteiger partial charge is 0.242 e. The number of likely N-dealkylation sites (N-methyl/N-ethyl adjacent to an activating group) is 1. The zero-order valence-electron chi connectivity index (χ0n) is 18.6. The van der Waals surface area contributed by atoms with Gasteiger partial charge in [0.05, 0.1) is 4.90 Å². The fraction of sp³-hybridized carbons (Fsp3) is 0.391. The predicted molar refractivity (Wildman–Crippen MR) is 126 cm³/mol. The van der Waals surface area contributed by atoms with Crippen LogP contribution in [0.25, 0.3) is 0 Å². The number of hydrogen-bond donors (Lipinski definition) is 2. The van der Waals surface area contributed by atoms with Gasteiger partial charge in [-0.3, -0.25) is 9.59 Å². The molecule has 0 saturated carbocycles. The molecule has 0 unspecified atom stereocenters. The van der Waals surface area contributed by atoms with E-state index in [1.165, 1.54) is 12.1 Å². The third-order valence-corrected chi connectivity index (χ3v) is 6.79. The van der Waals surface area contributed by atoms with Crippen molar-refractivity contribution in [1.82, 2.24) is 14.9 Å². The van der Waals surface area contributed by atoms with Crippen LogP contribution in [-0.4, -0.2) is 44.3 Å². The number of rotatable bonds is 11. The van der Waals surface area contributed by atoms with Gasteiger partial charge in [0.2, 0.25) is 21.8 Å². The molecule has 0 aliphatic heterocycles. The molecule has 2 rings (SSSR count). The maximum absolute atomic E-state index is 13.1. The molecule has 0 fully saturated rings. The maximum atomic E-state index is 13.1. The van der Waals surface area contributed by atoms with Gasteiger partial charge in [0.15, 0.2) is 0 Å². The summed E-state index contributed by atoms with van der Waals surface area (Å²) in [6.07, 6.45) is 0.621. The first-order valence-corrected chi connectivity index (χ1v) is 12.4. The van der Waals surface area contributed by atoms with Gasteiger partial charge >= 0.3 is 0 Å². The second kappa shape index (κ2) is 12.0. The van der Waals surface area contributed by atoms with E-state index >= 15 is 0 Å². The molecule has 0 aliphatic carbocycles. The molecule has 32 heavy (non-hydrogen) atoms. The summed E-state index contributed by atoms with van der Waals surface area (Å²) in [6, 6.07) is 13.0. The lowest BCUT2D eigenvalue weighted by Gasteiger charge is -2.29. The first kappa shape index (κ1) is 25.8. The van der Waals surface area contributed by atoms with Crippen LogP contribution < -0.4 is 10.0 Å². The number of hydrogen-bond acceptors (Lipinski definition) is 4. The summed E-state index contributed by atoms with van der Waals surface area (Å²) < 4.78 is 26.6. The van der Waals surface area contributed by atoms with Crippen LogP contribution in [0.4, 0.5) is 0 Å². The van der Waals surface area contributed by atoms with E-state index in [1.54, 1.807) is 43.0 Å². The molecule has 2 aromatic carbocycles. The quantitative estimate of drug-likeness (QED) is 0.517. The number of carbonyl (C=O) groups excluding carboxylic acids is 2. The maximum Gasteiger partial charge on any atom is 0.242 e. The molecule has 0 aromatic heterocycles. The van der Waals surface area contributed by atoms with Crippen molar-refractivity contribution in [2.45, 2.75) is 51.1 Å². The van der Waals surface area contributed by atoms with Crippen LogP contribution in [0.2, 0.25) is 5.02 Å². The average Bonchev–Trinajstić information content (AvgIpc) is 2.77. The molecule has 9 heteroatoms. The molecular weight excluding hydrogens is 450 g/mol. The van der Waals surface area contributed by atoms with E-state index < -0.39 is 16.1 Å². The van der Waals surface area contributed by atoms with Crippen molar-refractivity contribution >= 4 is 33.4 Å². The Morgan fingerprint density at radius 1 is 0.969 bits per heavy atom. The van der Waals surface area contributed by atoms with E-state index in [9.17, 15) is 18.0 Å². The van der Waals surface area contributed by atoms with Crippen molar-refractivity contribution in [1.29, 1.82) is 0 Å². The second-order valence-electron chi connectivity index (χ2n) is 7.36. The third-order valence-electron chi connectivity index (χ3n) is 4.98. The highest BCUT2D eigenvalue weighted by molar-refractivity contribution is 7.89. The lowest BCUT2D eigenvalue weighted by atomic mass is 10.1. The topological polar surface area (TPSA) is 95.6 Å². The first-order chi connectivity index (χ1) is 15.2. The van der Waals surface area contributed by atoms with E-state index in [2.05, 4.69) is 10.0 Å². The molecule has 0 bridgehead atoms. The van der Waals surface area contributed by atoms with Crippen LogP contribution in [0.3, 0.4) is 0 Å². The van der Waals surface area contributed by atoms with Gasteiger partial charge in [0.1, 0.15) is 6.04 Å². The van der Waals surface area contributed by atoms with Crippen molar-refractivity contribution < 1.29 is 18.0 Å². The highest BCUT2D eigenvalue weighted by atomic mass is 35.5. The van der Waals surface area contributed by atoms with Crippen molar-refractivity contribution in [3.63, 3.8) is 0 Å². The summed E-state index contributed by atoms with van der Waals surface area (Å²) in [4.78, 5) is 27.2. The number of aryl methyl sites for hydroxylation is 1. The van der Waals surface area contributed by atoms with E-state index in [1.807, 2.05) is 19.1 Å². The molecule has 2 aromatic rings. The van der Waals surface area contributed by atoms with Crippen LogP contribution in [0.5, 0.6) is 0 Å². The number of nitrogens with one attached hydrogen (secondary N) is 2. The third kappa shape index (κ3) is 7.32. The molecular formula is C23H30ClN3O4S. The number of halogens is 1. The van der Waals surface area contributed by atoms with Crippen molar-refractivity contribution in [2.24, 2.45) is 0 Å². The number of sulfonamides is 1. The normalized spacial score (nSPS) is 12.2. The molecule has 7 nitrogen and oxygen atoms in total. The minimum Gasteiger partial charge on any atom is -0.355 e. The molecule has 0 radical (unpaired) electrons. The molecule has 2 N–H and O–H groups in total. The average molecular weight is 480 g/mol. The molecule has 0 saturated heterocycles. The zero-order valence-corrected chi connectivity index (χ0v) is 20.2. The van der Waals surface area contributed by atoms with Crippen LogP contribution in [-0.2, 0) is 32.6 Å². The summed E-state index contributed by atoms with van der Waals surface area (Å²) in [6.45, 7) is 6.33. The van der Waals surface area contributed by atoms with Gasteiger partial charge in [-0.25, -0.2) is 13.1 Å². The van der Waals surface area contributed by atoms with Crippen LogP contribution in [0, 0.1) is 0 Å². The van der Waals surface area contributed by atoms with E-state index in [0.717, 1.165) is 11.1 Å². The highest BCUT2D eigenvalue weighted by Gasteiger charge is 2.25. The lowest BCUT2D eigenvalue weighted by Crippen LogP contribution is -2.47. The Morgan fingerprint density at radius 3 is 2.12 bits per heavy atom. The molecule has 2 amide bonds. The second-order valence-corrected chi connectivity index (χ2v) is 9.57. The van der Waals surface area contributed by atoms with Gasteiger partial charge in [-0.1, -0.05) is 42.8 Å². The summed E-state index contributed by atoms with van der Waals surface area (Å²) in [5.41, 5.74) is 1.71. The Bertz CT molecular complexity index is 1010. The van der Waals surface area contributed by atoms with E-state index in [-0.39, 0.29) is 29.7 Å². The van der Waals surface area contributed by atoms with Crippen molar-refractivity contribution in [3.05, 3.63) is 64.7 Å². The minimum absolute atomic E-state index is 0.164. The molecule has 0 aliphatic rings. The summed E-state index contributed by atoms with van der Waals surface area (Å²) in [7, 11) is -3.51. The summed E-state index contributed by atoms with van der Waals surface area (Å²) in [5.74, 6) is -0.379. The highest BCUT2D eigenvalue weighted by Crippen LogP contribution is 2.16. The Morgan fingerprint density at radius 2 is 1.56 bits per heavy atom. The molecule has 1 atom stereocenters. The fourth-order valence-corrected chi connectivity index (χ4v) is 4.36. The van der Waals surface area contributed by atoms with E-state index in [4.69, 9.17) is 11.6 Å². The predicted octanol–water partition coefficient (Wildman–Crippen LogP) is 3.12. The van der Waals surface area contributed by atoms with Gasteiger partial charge in [0.25, 0.3) is 0 Å². The molecule has 0 heterocycles. The van der Waals surface area contributed by atoms with Gasteiger partial charge in [0, 0.05) is 31.1 Å². The number of nitrogens with zero attached hydrogens (tertiary/aromatic N) is 1. The number of benzene rings is 2. The minimum atomic E-state index is -3.51. The van der Waals surface area contributed by atoms with Crippen molar-refractivity contribution in [3.8, 4) is 0 Å². The standard InChI is InChI=1S/C23H30ClN3O4S/c1-4-25-23(29)17(3)27(16-19-6-11-20(24)12-7-19)22(28)15-10-18-8-13-21(14-9-18)32(30,31)26-5-2/h6-9,11-14,17,26H,4-5,10,15-16H2,1-3H3,(H,25,29)/t17-/m0/s1. The summed E-state index contributed by atoms with van der Waals surface area (Å²) in [5, 5.41) is 3.36. The first-order valence-electron chi connectivity index (χ1n) is 10.6. The van der Waals surface area contributed by atoms with Crippen LogP contribution >= 0.6 is 11.6 Å². The fourth-order valence-electron chi connectivity index (χ4n) is 3.19. The Labute approximate surface area is 195 Å². The number of carbonyl (C=O) groups is 2. The Kier molecular flexibility index (Phi) is 9.68. The lowest BCUT2D eigenvalue weighted by molar-refractivity contribution is -0.140. The number of amides is 2. The van der Waals surface area contributed by atoms with Crippen LogP contribution in [0.15, 0.2) is 53.4 Å². The zero-order chi connectivity index (χ0) is 23.7. The van der Waals surface area contributed by atoms with Gasteiger partial charge in [-0.15, -0.1) is 0 Å². The largest absolute Gasteiger partial charge is 0.355 e. The van der Waals surface area contributed by atoms with E-state index in [0.29, 0.717) is 24.5 Å². The Balaban J connectivity index is 2.11. The van der Waals surface area contributed by atoms with Gasteiger partial charge in [-0.05, 0) is 55.7 Å². The van der Waals surface area contributed by atoms with Crippen molar-refractivity contribution in [2.75, 3.05) is 13.1 Å². The van der Waals surface area contributed by atoms with Gasteiger partial charge < -0.3 is 10.2 Å². The summed E-state index contributed by atoms with van der Waals surface area (Å²) >= 11 is 5.95. The molecule has 174 valence electrons. The SMILES string of the molecule is CCNC(=O)[C@H](C)N(Cc1ccc(Cl)cc1)C(=O)CCc1ccc(S(=O)(=O)NCC)cc1. The van der Waals surface area contributed by atoms with Crippen LogP contribution in [0.1, 0.15) is 38.3 Å². The van der Waals surface area contributed by atoms with Gasteiger partial charge in [-0.2, -0.15) is 0 Å². The monoisotopic (exact) mass is 479 g/mol. The molecule has 0 spiro atoms. The Hall–Kier alpha value is -2.42.